The molecule has 0 unspecified atom stereocenters. The van der Waals surface area contributed by atoms with Gasteiger partial charge in [0.25, 0.3) is 0 Å². The second kappa shape index (κ2) is 4.05. The highest BCUT2D eigenvalue weighted by molar-refractivity contribution is 14.1. The molecule has 0 aliphatic heterocycles. The van der Waals surface area contributed by atoms with Crippen LogP contribution in [0.2, 0.25) is 0 Å². The van der Waals surface area contributed by atoms with Crippen LogP contribution in [0.5, 0.6) is 0 Å². The molecule has 0 nitrogen and oxygen atoms in total. The monoisotopic (exact) mass is 286 g/mol. The van der Waals surface area contributed by atoms with Gasteiger partial charge in [-0.25, -0.2) is 0 Å². The van der Waals surface area contributed by atoms with E-state index in [4.69, 9.17) is 0 Å². The predicted molar refractivity (Wildman–Crippen MR) is 66.2 cm³/mol. The summed E-state index contributed by atoms with van der Waals surface area (Å²) >= 11 is 2.47. The minimum Gasteiger partial charge on any atom is -0.106 e. The van der Waals surface area contributed by atoms with Crippen LogP contribution in [0.4, 0.5) is 0 Å². The van der Waals surface area contributed by atoms with E-state index in [-0.39, 0.29) is 0 Å². The highest BCUT2D eigenvalue weighted by atomic mass is 127. The first-order valence-corrected chi connectivity index (χ1v) is 9.01. The standard InChI is InChI=1S/C10H11ISi/c1-3-12(11,4-2)10-8-6-5-7-9-10/h3-9H,1-2H2. The van der Waals surface area contributed by atoms with Crippen molar-refractivity contribution in [3.63, 3.8) is 0 Å². The van der Waals surface area contributed by atoms with E-state index in [1.807, 2.05) is 17.5 Å². The van der Waals surface area contributed by atoms with E-state index in [0.29, 0.717) is 0 Å². The first-order chi connectivity index (χ1) is 5.73. The van der Waals surface area contributed by atoms with E-state index in [1.54, 1.807) is 0 Å². The van der Waals surface area contributed by atoms with Crippen molar-refractivity contribution in [1.29, 1.82) is 0 Å². The zero-order valence-electron chi connectivity index (χ0n) is 6.83. The largest absolute Gasteiger partial charge is 0.201 e. The Morgan fingerprint density at radius 3 is 2.00 bits per heavy atom. The summed E-state index contributed by atoms with van der Waals surface area (Å²) in [5.41, 5.74) is 2.50. The third-order valence-corrected chi connectivity index (χ3v) is 8.73. The van der Waals surface area contributed by atoms with Crippen LogP contribution in [0.15, 0.2) is 54.9 Å². The van der Waals surface area contributed by atoms with E-state index in [2.05, 4.69) is 59.2 Å². The number of halogens is 1. The smallest absolute Gasteiger partial charge is 0.106 e. The Morgan fingerprint density at radius 2 is 1.58 bits per heavy atom. The van der Waals surface area contributed by atoms with Crippen LogP contribution < -0.4 is 5.19 Å². The molecule has 0 saturated heterocycles. The van der Waals surface area contributed by atoms with Crippen molar-refractivity contribution in [2.75, 3.05) is 0 Å². The molecular weight excluding hydrogens is 275 g/mol. The molecule has 0 aromatic heterocycles. The molecule has 0 radical (unpaired) electrons. The van der Waals surface area contributed by atoms with Crippen molar-refractivity contribution in [2.24, 2.45) is 0 Å². The quantitative estimate of drug-likeness (QED) is 0.455. The average Bonchev–Trinajstić information content (AvgIpc) is 2.18. The average molecular weight is 286 g/mol. The summed E-state index contributed by atoms with van der Waals surface area (Å²) in [5.74, 6) is 0. The molecule has 1 aromatic rings. The third kappa shape index (κ3) is 1.87. The number of rotatable bonds is 3. The zero-order valence-corrected chi connectivity index (χ0v) is 9.99. The van der Waals surface area contributed by atoms with E-state index >= 15 is 0 Å². The van der Waals surface area contributed by atoms with Crippen LogP contribution in [0.1, 0.15) is 0 Å². The van der Waals surface area contributed by atoms with Crippen molar-refractivity contribution in [1.82, 2.24) is 0 Å². The Bertz CT molecular complexity index is 271. The molecule has 12 heavy (non-hydrogen) atoms. The lowest BCUT2D eigenvalue weighted by Gasteiger charge is -2.15. The molecule has 0 spiro atoms. The first-order valence-electron chi connectivity index (χ1n) is 3.74. The van der Waals surface area contributed by atoms with E-state index in [9.17, 15) is 0 Å². The van der Waals surface area contributed by atoms with Gasteiger partial charge in [-0.05, 0) is 5.19 Å². The number of hydrogen-bond acceptors (Lipinski definition) is 0. The van der Waals surface area contributed by atoms with Crippen molar-refractivity contribution in [3.8, 4) is 0 Å². The lowest BCUT2D eigenvalue weighted by atomic mass is 10.4. The fourth-order valence-corrected chi connectivity index (χ4v) is 3.43. The van der Waals surface area contributed by atoms with E-state index in [1.165, 1.54) is 5.19 Å². The number of hydrogen-bond donors (Lipinski definition) is 0. The van der Waals surface area contributed by atoms with Gasteiger partial charge in [0, 0.05) is 0 Å². The van der Waals surface area contributed by atoms with Gasteiger partial charge >= 0.3 is 0 Å². The van der Waals surface area contributed by atoms with Gasteiger partial charge in [0.1, 0.15) is 0 Å². The van der Waals surface area contributed by atoms with Crippen LogP contribution in [0.25, 0.3) is 0 Å². The fraction of sp³-hybridized carbons (Fsp3) is 0. The topological polar surface area (TPSA) is 0 Å². The van der Waals surface area contributed by atoms with Gasteiger partial charge in [0.15, 0.2) is 0 Å². The second-order valence-electron chi connectivity index (χ2n) is 2.54. The molecule has 0 bridgehead atoms. The zero-order chi connectivity index (χ0) is 9.03. The van der Waals surface area contributed by atoms with Crippen LogP contribution in [0.3, 0.4) is 0 Å². The lowest BCUT2D eigenvalue weighted by Crippen LogP contribution is -2.37. The Morgan fingerprint density at radius 1 is 1.08 bits per heavy atom. The summed E-state index contributed by atoms with van der Waals surface area (Å²) in [4.78, 5) is 0. The van der Waals surface area contributed by atoms with Crippen molar-refractivity contribution in [2.45, 2.75) is 0 Å². The van der Waals surface area contributed by atoms with Crippen LogP contribution >= 0.6 is 21.8 Å². The van der Waals surface area contributed by atoms with Crippen LogP contribution in [-0.4, -0.2) is 5.57 Å². The molecule has 62 valence electrons. The normalized spacial score (nSPS) is 10.8. The van der Waals surface area contributed by atoms with Crippen molar-refractivity contribution >= 4 is 32.6 Å². The molecule has 0 amide bonds. The molecule has 0 aliphatic carbocycles. The van der Waals surface area contributed by atoms with Crippen LogP contribution in [0, 0.1) is 0 Å². The Hall–Kier alpha value is -0.353. The van der Waals surface area contributed by atoms with Gasteiger partial charge in [0.2, 0.25) is 5.57 Å². The summed E-state index contributed by atoms with van der Waals surface area (Å²) in [5, 5.41) is 1.36. The molecule has 1 rings (SSSR count). The summed E-state index contributed by atoms with van der Waals surface area (Å²) < 4.78 is 0. The van der Waals surface area contributed by atoms with E-state index < -0.39 is 5.57 Å². The van der Waals surface area contributed by atoms with Gasteiger partial charge in [-0.1, -0.05) is 41.7 Å². The molecule has 2 heteroatoms. The molecule has 0 saturated carbocycles. The maximum absolute atomic E-state index is 3.86. The van der Waals surface area contributed by atoms with Gasteiger partial charge in [-0.3, -0.25) is 0 Å². The second-order valence-corrected chi connectivity index (χ2v) is 10.8. The molecule has 0 aliphatic rings. The van der Waals surface area contributed by atoms with E-state index in [0.717, 1.165) is 0 Å². The minimum atomic E-state index is -1.58. The Kier molecular flexibility index (Phi) is 3.28. The highest BCUT2D eigenvalue weighted by Crippen LogP contribution is 2.14. The fourth-order valence-electron chi connectivity index (χ4n) is 1.01. The third-order valence-electron chi connectivity index (χ3n) is 1.81. The Balaban J connectivity index is 3.11. The van der Waals surface area contributed by atoms with Gasteiger partial charge in [-0.2, -0.15) is 0 Å². The maximum atomic E-state index is 3.86. The molecule has 0 fully saturated rings. The molecule has 0 heterocycles. The summed E-state index contributed by atoms with van der Waals surface area (Å²) in [6.07, 6.45) is 0. The van der Waals surface area contributed by atoms with Crippen LogP contribution in [-0.2, 0) is 0 Å². The van der Waals surface area contributed by atoms with Gasteiger partial charge in [0.05, 0.1) is 0 Å². The predicted octanol–water partition coefficient (Wildman–Crippen LogP) is 2.72. The summed E-state index contributed by atoms with van der Waals surface area (Å²) in [6, 6.07) is 10.4. The highest BCUT2D eigenvalue weighted by Gasteiger charge is 2.23. The molecular formula is C10H11ISi. The minimum absolute atomic E-state index is 1.36. The molecule has 0 atom stereocenters. The summed E-state index contributed by atoms with van der Waals surface area (Å²) in [7, 11) is 0. The van der Waals surface area contributed by atoms with Crippen molar-refractivity contribution < 1.29 is 0 Å². The Labute approximate surface area is 87.2 Å². The molecule has 0 N–H and O–H groups in total. The first kappa shape index (κ1) is 9.73. The summed E-state index contributed by atoms with van der Waals surface area (Å²) in [6.45, 7) is 7.73. The SMILES string of the molecule is C=C[Si](I)(C=C)c1ccccc1. The van der Waals surface area contributed by atoms with Gasteiger partial charge < -0.3 is 0 Å². The molecule has 1 aromatic carbocycles. The lowest BCUT2D eigenvalue weighted by molar-refractivity contribution is 1.76. The maximum Gasteiger partial charge on any atom is 0.201 e. The van der Waals surface area contributed by atoms with Gasteiger partial charge in [-0.15, -0.1) is 35.0 Å². The van der Waals surface area contributed by atoms with Crippen molar-refractivity contribution in [3.05, 3.63) is 54.9 Å². The number of benzene rings is 1.